The summed E-state index contributed by atoms with van der Waals surface area (Å²) in [5, 5.41) is 23.1. The molecule has 0 bridgehead atoms. The molecule has 6 aliphatic rings. The van der Waals surface area contributed by atoms with Crippen LogP contribution in [0.1, 0.15) is 149 Å². The minimum Gasteiger partial charge on any atom is -0.458 e. The van der Waals surface area contributed by atoms with Crippen LogP contribution in [0.25, 0.3) is 22.3 Å². The lowest BCUT2D eigenvalue weighted by molar-refractivity contribution is -0.172. The Balaban J connectivity index is 0.512. The van der Waals surface area contributed by atoms with Gasteiger partial charge >= 0.3 is 5.97 Å². The standard InChI is InChI=1S/C81H108FN7O23/c1-4-81(101)62-43-66-75-60(47-88(66)79(99)61(62)48-111-80(81)100)73-57(16-18-59-52(3)63(82)44-65(87-75)74(59)73)42-68(92)76(55-14-15-55)112-50-85-69(93)21-19-67(91)64(41-53-8-6-5-7-9-53)86-70(94)20-17-58(90)45-84-71(95)49-110-39-38-109-37-36-108-35-34-107-33-32-106-31-30-105-29-28-104-27-26-103-25-24-102-23-22-83-77(97)56-12-10-54(11-13-56)46-89-72(96)40-51(2)78(89)98/h5-9,43-44,51,54-57,64,76,101H,4,10-42,45-50H2,1-3H3,(H,83,97)(H,84,95)(H,85,93)(H,86,94)/t51?,54?,56?,57-,64+,76+,81+/m1/s1. The Labute approximate surface area is 650 Å². The Kier molecular flexibility index (Phi) is 33.3. The van der Waals surface area contributed by atoms with Gasteiger partial charge < -0.3 is 83.0 Å². The van der Waals surface area contributed by atoms with Crippen molar-refractivity contribution in [1.29, 1.82) is 0 Å². The molecule has 2 aromatic heterocycles. The average molecular weight is 1570 g/mol. The van der Waals surface area contributed by atoms with Gasteiger partial charge in [-0.15, -0.1) is 0 Å². The first kappa shape index (κ1) is 86.2. The number of pyridine rings is 2. The van der Waals surface area contributed by atoms with Crippen molar-refractivity contribution in [2.45, 2.75) is 160 Å². The number of likely N-dealkylation sites (tertiary alicyclic amines) is 1. The molecule has 5 heterocycles. The third kappa shape index (κ3) is 24.2. The fraction of sp³-hybridized carbons (Fsp3) is 0.630. The zero-order valence-corrected chi connectivity index (χ0v) is 64.5. The zero-order valence-electron chi connectivity index (χ0n) is 64.5. The van der Waals surface area contributed by atoms with E-state index in [-0.39, 0.29) is 155 Å². The lowest BCUT2D eigenvalue weighted by Crippen LogP contribution is -2.44. The van der Waals surface area contributed by atoms with E-state index in [1.165, 1.54) is 15.5 Å². The average Bonchev–Trinajstić information content (AvgIpc) is 1.51. The number of rotatable bonds is 52. The van der Waals surface area contributed by atoms with Gasteiger partial charge in [0.05, 0.1) is 154 Å². The predicted molar refractivity (Wildman–Crippen MR) is 400 cm³/mol. The molecule has 1 saturated heterocycles. The maximum atomic E-state index is 15.6. The lowest BCUT2D eigenvalue weighted by atomic mass is 9.76. The SMILES string of the molecule is CC[C@@]1(O)C(=O)OCc2c1cc1n(c2=O)Cc2c-1nc1cc(F)c(C)c3c1c2[C@@H](CC(=O)[C@@H](OCNC(=O)CCC(=O)[C@H](Cc1ccccc1)NC(=O)CCC(=O)CNC(=O)COCCOCCOCCOCCOCCOCCOCCOCCOCCNC(=O)C1CCC(CN2C(=O)CC(C)C2=O)CC1)C1CC1)CC3. The number of nitrogens with one attached hydrogen (secondary N) is 4. The van der Waals surface area contributed by atoms with Crippen LogP contribution >= 0.6 is 0 Å². The number of ether oxygens (including phenoxy) is 11. The summed E-state index contributed by atoms with van der Waals surface area (Å²) < 4.78 is 78.1. The molecule has 6 amide bonds. The Morgan fingerprint density at radius 2 is 1.29 bits per heavy atom. The van der Waals surface area contributed by atoms with Crippen LogP contribution in [0, 0.1) is 36.4 Å². The summed E-state index contributed by atoms with van der Waals surface area (Å²) >= 11 is 0. The highest BCUT2D eigenvalue weighted by molar-refractivity contribution is 6.03. The number of hydrogen-bond donors (Lipinski definition) is 5. The van der Waals surface area contributed by atoms with Crippen molar-refractivity contribution < 1.29 is 110 Å². The van der Waals surface area contributed by atoms with E-state index < -0.39 is 64.4 Å². The van der Waals surface area contributed by atoms with Crippen LogP contribution in [0.3, 0.4) is 0 Å². The van der Waals surface area contributed by atoms with Crippen LogP contribution in [0.2, 0.25) is 0 Å². The number of carbonyl (C=O) groups is 10. The summed E-state index contributed by atoms with van der Waals surface area (Å²) in [6.07, 6.45) is 4.16. The molecule has 112 heavy (non-hydrogen) atoms. The van der Waals surface area contributed by atoms with E-state index >= 15 is 4.39 Å². The second-order valence-corrected chi connectivity index (χ2v) is 29.4. The van der Waals surface area contributed by atoms with Crippen LogP contribution in [-0.2, 0) is 132 Å². The summed E-state index contributed by atoms with van der Waals surface area (Å²) in [6, 6.07) is 10.9. The minimum atomic E-state index is -2.05. The van der Waals surface area contributed by atoms with Crippen LogP contribution in [-0.4, -0.2) is 236 Å². The first-order valence-corrected chi connectivity index (χ1v) is 39.4. The van der Waals surface area contributed by atoms with Gasteiger partial charge in [0, 0.05) is 86.0 Å². The molecule has 5 atom stereocenters. The second-order valence-electron chi connectivity index (χ2n) is 29.4. The largest absolute Gasteiger partial charge is 0.458 e. The number of esters is 1. The number of halogens is 1. The fourth-order valence-corrected chi connectivity index (χ4v) is 15.0. The van der Waals surface area contributed by atoms with E-state index in [1.54, 1.807) is 51.1 Å². The molecule has 4 aromatic rings. The number of cyclic esters (lactones) is 1. The molecule has 5 N–H and O–H groups in total. The number of carbonyl (C=O) groups excluding carboxylic acids is 10. The number of aryl methyl sites for hydroxylation is 1. The minimum absolute atomic E-state index is 0.0188. The summed E-state index contributed by atoms with van der Waals surface area (Å²) in [4.78, 5) is 150. The monoisotopic (exact) mass is 1570 g/mol. The third-order valence-corrected chi connectivity index (χ3v) is 21.4. The van der Waals surface area contributed by atoms with Gasteiger partial charge in [0.2, 0.25) is 35.4 Å². The van der Waals surface area contributed by atoms with E-state index in [2.05, 4.69) is 21.3 Å². The van der Waals surface area contributed by atoms with E-state index in [4.69, 9.17) is 57.1 Å². The number of benzene rings is 2. The van der Waals surface area contributed by atoms with Gasteiger partial charge in [0.1, 0.15) is 31.9 Å². The molecule has 10 rings (SSSR count). The van der Waals surface area contributed by atoms with Crippen LogP contribution in [0.4, 0.5) is 4.39 Å². The van der Waals surface area contributed by atoms with Crippen LogP contribution in [0.15, 0.2) is 47.3 Å². The van der Waals surface area contributed by atoms with Gasteiger partial charge in [-0.05, 0) is 117 Å². The maximum Gasteiger partial charge on any atom is 0.343 e. The van der Waals surface area contributed by atoms with Gasteiger partial charge in [-0.3, -0.25) is 52.8 Å². The van der Waals surface area contributed by atoms with Gasteiger partial charge in [-0.2, -0.15) is 0 Å². The number of aliphatic hydroxyl groups is 1. The lowest BCUT2D eigenvalue weighted by Gasteiger charge is -2.31. The molecule has 2 aromatic carbocycles. The summed E-state index contributed by atoms with van der Waals surface area (Å²) in [5.41, 5.74) is 2.46. The Hall–Kier alpha value is -8.21. The molecule has 3 aliphatic carbocycles. The predicted octanol–water partition coefficient (Wildman–Crippen LogP) is 4.39. The van der Waals surface area contributed by atoms with E-state index in [0.29, 0.717) is 159 Å². The number of fused-ring (bicyclic) bond motifs is 5. The number of nitrogens with zero attached hydrogens (tertiary/aromatic N) is 3. The number of amides is 6. The van der Waals surface area contributed by atoms with Crippen molar-refractivity contribution in [2.75, 3.05) is 145 Å². The molecule has 3 fully saturated rings. The van der Waals surface area contributed by atoms with Crippen molar-refractivity contribution in [1.82, 2.24) is 35.7 Å². The van der Waals surface area contributed by atoms with Crippen LogP contribution in [0.5, 0.6) is 0 Å². The fourth-order valence-electron chi connectivity index (χ4n) is 15.0. The van der Waals surface area contributed by atoms with Crippen molar-refractivity contribution in [3.8, 4) is 11.4 Å². The molecule has 30 nitrogen and oxygen atoms in total. The molecular weight excluding hydrogens is 1460 g/mol. The van der Waals surface area contributed by atoms with Gasteiger partial charge in [-0.25, -0.2) is 14.2 Å². The quantitative estimate of drug-likeness (QED) is 0.0156. The van der Waals surface area contributed by atoms with Crippen LogP contribution < -0.4 is 26.8 Å². The van der Waals surface area contributed by atoms with Gasteiger partial charge in [0.15, 0.2) is 23.0 Å². The third-order valence-electron chi connectivity index (χ3n) is 21.4. The Bertz CT molecular complexity index is 4000. The molecule has 0 radical (unpaired) electrons. The first-order chi connectivity index (χ1) is 54.2. The summed E-state index contributed by atoms with van der Waals surface area (Å²) in [5.74, 6) is -4.60. The number of hydrogen-bond acceptors (Lipinski definition) is 24. The molecule has 1 unspecified atom stereocenters. The maximum absolute atomic E-state index is 15.6. The summed E-state index contributed by atoms with van der Waals surface area (Å²) in [7, 11) is 0. The normalized spacial score (nSPS) is 19.5. The van der Waals surface area contributed by atoms with Crippen molar-refractivity contribution in [3.05, 3.63) is 97.6 Å². The molecule has 31 heteroatoms. The molecule has 3 aliphatic heterocycles. The molecule has 2 saturated carbocycles. The highest BCUT2D eigenvalue weighted by atomic mass is 19.1. The van der Waals surface area contributed by atoms with Gasteiger partial charge in [0.25, 0.3) is 5.56 Å². The summed E-state index contributed by atoms with van der Waals surface area (Å²) in [6.45, 7) is 10.9. The smallest absolute Gasteiger partial charge is 0.343 e. The first-order valence-electron chi connectivity index (χ1n) is 39.4. The highest BCUT2D eigenvalue weighted by Gasteiger charge is 2.47. The van der Waals surface area contributed by atoms with Crippen molar-refractivity contribution in [3.63, 3.8) is 0 Å². The zero-order chi connectivity index (χ0) is 79.5. The molecule has 612 valence electrons. The number of Topliss-reactive ketones (excluding diaryl/α,β-unsaturated/α-hetero) is 3. The Morgan fingerprint density at radius 3 is 1.88 bits per heavy atom. The number of ketones is 3. The van der Waals surface area contributed by atoms with E-state index in [0.717, 1.165) is 60.6 Å². The molecule has 0 spiro atoms. The molecular formula is C81H108FN7O23. The van der Waals surface area contributed by atoms with Crippen molar-refractivity contribution in [2.24, 2.45) is 23.7 Å². The second kappa shape index (κ2) is 43.3. The van der Waals surface area contributed by atoms with Gasteiger partial charge in [-0.1, -0.05) is 44.2 Å². The highest BCUT2D eigenvalue weighted by Crippen LogP contribution is 2.48. The van der Waals surface area contributed by atoms with E-state index in [1.807, 2.05) is 6.07 Å². The number of aromatic nitrogens is 2. The topological polar surface area (TPSA) is 379 Å². The number of imide groups is 1. The van der Waals surface area contributed by atoms with E-state index in [9.17, 15) is 57.8 Å². The Morgan fingerprint density at radius 1 is 0.679 bits per heavy atom. The van der Waals surface area contributed by atoms with Crippen molar-refractivity contribution >= 4 is 69.7 Å².